The van der Waals surface area contributed by atoms with Gasteiger partial charge in [-0.1, -0.05) is 12.1 Å². The van der Waals surface area contributed by atoms with Gasteiger partial charge in [0.2, 0.25) is 17.7 Å². The predicted molar refractivity (Wildman–Crippen MR) is 124 cm³/mol. The molecule has 0 spiro atoms. The van der Waals surface area contributed by atoms with Crippen molar-refractivity contribution < 1.29 is 9.53 Å². The lowest BCUT2D eigenvalue weighted by atomic mass is 9.73. The van der Waals surface area contributed by atoms with Crippen molar-refractivity contribution in [2.45, 2.75) is 38.3 Å². The predicted octanol–water partition coefficient (Wildman–Crippen LogP) is 3.76. The first kappa shape index (κ1) is 20.2. The second-order valence-corrected chi connectivity index (χ2v) is 8.70. The highest BCUT2D eigenvalue weighted by atomic mass is 16.5. The van der Waals surface area contributed by atoms with E-state index in [4.69, 9.17) is 4.74 Å². The van der Waals surface area contributed by atoms with Gasteiger partial charge in [0.15, 0.2) is 0 Å². The minimum absolute atomic E-state index is 0.0784. The van der Waals surface area contributed by atoms with E-state index in [2.05, 4.69) is 45.5 Å². The minimum Gasteiger partial charge on any atom is -0.479 e. The van der Waals surface area contributed by atoms with Crippen molar-refractivity contribution in [1.82, 2.24) is 24.5 Å². The fourth-order valence-corrected chi connectivity index (χ4v) is 4.61. The molecule has 0 unspecified atom stereocenters. The molecule has 8 nitrogen and oxygen atoms in total. The Kier molecular flexibility index (Phi) is 4.73. The molecule has 1 aliphatic rings. The maximum absolute atomic E-state index is 11.7. The molecule has 1 saturated carbocycles. The van der Waals surface area contributed by atoms with Gasteiger partial charge in [0.05, 0.1) is 12.6 Å². The molecular weight excluding hydrogens is 404 g/mol. The quantitative estimate of drug-likeness (QED) is 0.519. The van der Waals surface area contributed by atoms with Crippen LogP contribution in [0.4, 0.5) is 5.95 Å². The zero-order chi connectivity index (χ0) is 22.5. The van der Waals surface area contributed by atoms with Crippen LogP contribution in [0.2, 0.25) is 0 Å². The molecule has 1 N–H and O–H groups in total. The van der Waals surface area contributed by atoms with E-state index in [-0.39, 0.29) is 17.5 Å². The number of methoxy groups -OCH3 is 1. The van der Waals surface area contributed by atoms with Gasteiger partial charge in [-0.05, 0) is 49.6 Å². The molecule has 0 radical (unpaired) electrons. The number of aromatic nitrogens is 4. The highest BCUT2D eigenvalue weighted by Gasteiger charge is 2.44. The Labute approximate surface area is 186 Å². The monoisotopic (exact) mass is 430 g/mol. The number of rotatable bonds is 5. The first-order valence-electron chi connectivity index (χ1n) is 10.7. The van der Waals surface area contributed by atoms with Crippen molar-refractivity contribution in [3.63, 3.8) is 0 Å². The Balaban J connectivity index is 1.44. The van der Waals surface area contributed by atoms with E-state index in [0.717, 1.165) is 40.4 Å². The normalized spacial score (nSPS) is 20.2. The molecule has 0 atom stereocenters. The molecule has 32 heavy (non-hydrogen) atoms. The zero-order valence-corrected chi connectivity index (χ0v) is 18.7. The Morgan fingerprint density at radius 2 is 2.09 bits per heavy atom. The summed E-state index contributed by atoms with van der Waals surface area (Å²) in [6, 6.07) is 12.4. The van der Waals surface area contributed by atoms with Crippen molar-refractivity contribution >= 4 is 28.3 Å². The summed E-state index contributed by atoms with van der Waals surface area (Å²) in [7, 11) is 3.48. The summed E-state index contributed by atoms with van der Waals surface area (Å²) in [6.07, 6.45) is 5.40. The summed E-state index contributed by atoms with van der Waals surface area (Å²) in [6.45, 7) is 3.71. The van der Waals surface area contributed by atoms with E-state index in [9.17, 15) is 4.79 Å². The average molecular weight is 431 g/mol. The van der Waals surface area contributed by atoms with Crippen LogP contribution >= 0.6 is 0 Å². The fraction of sp³-hybridized carbons (Fsp3) is 0.333. The number of hydrogen-bond acceptors (Lipinski definition) is 6. The van der Waals surface area contributed by atoms with Gasteiger partial charge in [-0.25, -0.2) is 4.52 Å². The minimum atomic E-state index is -0.136. The maximum Gasteiger partial charge on any atom is 0.244 e. The standard InChI is InChI=1S/C24H26N6O2/c1-15(31)29(3)24(2)13-18(14-24)26-23-27-22(32-4)21-19(9-11-30(21)28-23)16-7-8-20-17(12-16)6-5-10-25-20/h5-12,18H,13-14H2,1-4H3,(H,26,28). The SMILES string of the molecule is COc1nc(NC2CC(C)(N(C)C(C)=O)C2)nn2ccc(-c3ccc4ncccc4c3)c12. The first-order chi connectivity index (χ1) is 15.4. The molecule has 5 rings (SSSR count). The summed E-state index contributed by atoms with van der Waals surface area (Å²) < 4.78 is 7.44. The van der Waals surface area contributed by atoms with Gasteiger partial charge in [-0.15, -0.1) is 5.10 Å². The second kappa shape index (κ2) is 7.47. The number of hydrogen-bond donors (Lipinski definition) is 1. The number of nitrogens with zero attached hydrogens (tertiary/aromatic N) is 5. The molecule has 164 valence electrons. The molecule has 8 heteroatoms. The van der Waals surface area contributed by atoms with E-state index in [1.54, 1.807) is 24.7 Å². The van der Waals surface area contributed by atoms with Crippen LogP contribution in [0.25, 0.3) is 27.5 Å². The fourth-order valence-electron chi connectivity index (χ4n) is 4.61. The van der Waals surface area contributed by atoms with Gasteiger partial charge in [-0.2, -0.15) is 4.98 Å². The summed E-state index contributed by atoms with van der Waals surface area (Å²) in [5, 5.41) is 9.14. The summed E-state index contributed by atoms with van der Waals surface area (Å²) in [5.41, 5.74) is 3.69. The highest BCUT2D eigenvalue weighted by Crippen LogP contribution is 2.39. The van der Waals surface area contributed by atoms with E-state index in [0.29, 0.717) is 11.8 Å². The Hall–Kier alpha value is -3.68. The topological polar surface area (TPSA) is 84.6 Å². The maximum atomic E-state index is 11.7. The second-order valence-electron chi connectivity index (χ2n) is 8.70. The van der Waals surface area contributed by atoms with Crippen LogP contribution in [0.15, 0.2) is 48.8 Å². The number of carbonyl (C=O) groups excluding carboxylic acids is 1. The lowest BCUT2D eigenvalue weighted by Gasteiger charge is -2.50. The lowest BCUT2D eigenvalue weighted by Crippen LogP contribution is -2.59. The molecule has 3 heterocycles. The molecule has 0 saturated heterocycles. The van der Waals surface area contributed by atoms with Crippen molar-refractivity contribution in [1.29, 1.82) is 0 Å². The zero-order valence-electron chi connectivity index (χ0n) is 18.7. The molecule has 3 aromatic heterocycles. The molecule has 0 aliphatic heterocycles. The number of carbonyl (C=O) groups is 1. The van der Waals surface area contributed by atoms with E-state index in [1.807, 2.05) is 36.3 Å². The number of nitrogens with one attached hydrogen (secondary N) is 1. The lowest BCUT2D eigenvalue weighted by molar-refractivity contribution is -0.136. The third kappa shape index (κ3) is 3.32. The summed E-state index contributed by atoms with van der Waals surface area (Å²) in [5.74, 6) is 1.10. The smallest absolute Gasteiger partial charge is 0.244 e. The van der Waals surface area contributed by atoms with Crippen LogP contribution in [0, 0.1) is 0 Å². The highest BCUT2D eigenvalue weighted by molar-refractivity contribution is 5.90. The number of ether oxygens (including phenoxy) is 1. The van der Waals surface area contributed by atoms with Crippen molar-refractivity contribution in [3.8, 4) is 17.0 Å². The van der Waals surface area contributed by atoms with Crippen LogP contribution in [0.1, 0.15) is 26.7 Å². The Morgan fingerprint density at radius 1 is 1.28 bits per heavy atom. The van der Waals surface area contributed by atoms with E-state index < -0.39 is 0 Å². The van der Waals surface area contributed by atoms with Crippen LogP contribution in [0.5, 0.6) is 5.88 Å². The molecule has 4 aromatic rings. The third-order valence-corrected chi connectivity index (χ3v) is 6.57. The van der Waals surface area contributed by atoms with Gasteiger partial charge in [0.1, 0.15) is 5.52 Å². The first-order valence-corrected chi connectivity index (χ1v) is 10.7. The van der Waals surface area contributed by atoms with Crippen LogP contribution in [-0.4, -0.2) is 56.1 Å². The summed E-state index contributed by atoms with van der Waals surface area (Å²) in [4.78, 5) is 22.6. The number of benzene rings is 1. The molecule has 1 amide bonds. The molecule has 1 aromatic carbocycles. The van der Waals surface area contributed by atoms with Crippen LogP contribution < -0.4 is 10.1 Å². The third-order valence-electron chi connectivity index (χ3n) is 6.57. The molecule has 1 fully saturated rings. The number of fused-ring (bicyclic) bond motifs is 2. The molecule has 0 bridgehead atoms. The van der Waals surface area contributed by atoms with Gasteiger partial charge in [0, 0.05) is 48.9 Å². The molecule has 1 aliphatic carbocycles. The van der Waals surface area contributed by atoms with E-state index >= 15 is 0 Å². The largest absolute Gasteiger partial charge is 0.479 e. The average Bonchev–Trinajstić information content (AvgIpc) is 3.20. The number of amides is 1. The van der Waals surface area contributed by atoms with Gasteiger partial charge >= 0.3 is 0 Å². The Morgan fingerprint density at radius 3 is 2.84 bits per heavy atom. The molecular formula is C24H26N6O2. The van der Waals surface area contributed by atoms with Crippen LogP contribution in [0.3, 0.4) is 0 Å². The Bertz CT molecular complexity index is 1320. The van der Waals surface area contributed by atoms with Crippen LogP contribution in [-0.2, 0) is 4.79 Å². The summed E-state index contributed by atoms with van der Waals surface area (Å²) >= 11 is 0. The van der Waals surface area contributed by atoms with Gasteiger partial charge in [-0.3, -0.25) is 9.78 Å². The van der Waals surface area contributed by atoms with Crippen molar-refractivity contribution in [2.75, 3.05) is 19.5 Å². The van der Waals surface area contributed by atoms with Gasteiger partial charge in [0.25, 0.3) is 0 Å². The van der Waals surface area contributed by atoms with Gasteiger partial charge < -0.3 is 15.0 Å². The number of pyridine rings is 1. The number of anilines is 1. The van der Waals surface area contributed by atoms with E-state index in [1.165, 1.54) is 0 Å². The van der Waals surface area contributed by atoms with Crippen molar-refractivity contribution in [3.05, 3.63) is 48.8 Å². The van der Waals surface area contributed by atoms with Crippen molar-refractivity contribution in [2.24, 2.45) is 0 Å².